The van der Waals surface area contributed by atoms with Gasteiger partial charge in [-0.1, -0.05) is 129 Å². The molecule has 5 heterocycles. The molecule has 2 aromatic heterocycles. The van der Waals surface area contributed by atoms with Crippen molar-refractivity contribution in [1.82, 2.24) is 19.9 Å². The Kier molecular flexibility index (Phi) is 13.5. The van der Waals surface area contributed by atoms with Crippen LogP contribution in [-0.4, -0.2) is 94.2 Å². The summed E-state index contributed by atoms with van der Waals surface area (Å²) in [6.45, 7) is 22.0. The smallest absolute Gasteiger partial charge is 0.319 e. The van der Waals surface area contributed by atoms with Crippen molar-refractivity contribution < 1.29 is 31.5 Å². The molecule has 0 aliphatic carbocycles. The molecule has 0 saturated carbocycles. The summed E-state index contributed by atoms with van der Waals surface area (Å²) in [6, 6.07) is 29.0. The molecule has 0 N–H and O–H groups in total. The van der Waals surface area contributed by atoms with Crippen LogP contribution < -0.4 is 29.2 Å². The predicted octanol–water partition coefficient (Wildman–Crippen LogP) is 11.8. The van der Waals surface area contributed by atoms with Crippen LogP contribution in [0.1, 0.15) is 88.0 Å². The molecule has 2 fully saturated rings. The van der Waals surface area contributed by atoms with Gasteiger partial charge in [-0.2, -0.15) is 9.97 Å². The van der Waals surface area contributed by atoms with E-state index in [1.54, 1.807) is 12.1 Å². The first-order valence-corrected chi connectivity index (χ1v) is 28.9. The highest BCUT2D eigenvalue weighted by molar-refractivity contribution is 6.99. The first-order valence-electron chi connectivity index (χ1n) is 24.8. The molecule has 0 unspecified atom stereocenters. The Morgan fingerprint density at radius 1 is 0.855 bits per heavy atom. The van der Waals surface area contributed by atoms with E-state index in [0.29, 0.717) is 59.3 Å². The van der Waals surface area contributed by atoms with E-state index in [1.807, 2.05) is 30.1 Å². The molecular formula is C55H68F3N5O4Si2. The van der Waals surface area contributed by atoms with Crippen molar-refractivity contribution in [3.63, 3.8) is 0 Å². The highest BCUT2D eigenvalue weighted by Gasteiger charge is 2.52. The summed E-state index contributed by atoms with van der Waals surface area (Å²) in [6.07, 6.45) is 1.68. The maximum absolute atomic E-state index is 18.0. The fourth-order valence-electron chi connectivity index (χ4n) is 12.3. The van der Waals surface area contributed by atoms with Crippen molar-refractivity contribution in [2.24, 2.45) is 0 Å². The van der Waals surface area contributed by atoms with Crippen LogP contribution in [0.2, 0.25) is 21.7 Å². The number of likely N-dealkylation sites (N-methyl/N-ethyl adjacent to an activating group) is 1. The van der Waals surface area contributed by atoms with Crippen LogP contribution in [0.15, 0.2) is 91.0 Å². The van der Waals surface area contributed by atoms with Gasteiger partial charge in [0.2, 0.25) is 5.88 Å². The highest BCUT2D eigenvalue weighted by Crippen LogP contribution is 2.47. The van der Waals surface area contributed by atoms with E-state index in [4.69, 9.17) is 33.3 Å². The lowest BCUT2D eigenvalue weighted by Crippen LogP contribution is -2.66. The Morgan fingerprint density at radius 3 is 2.16 bits per heavy atom. The Hall–Kier alpha value is -5.03. The van der Waals surface area contributed by atoms with E-state index in [9.17, 15) is 4.39 Å². The number of pyridine rings is 1. The molecule has 0 radical (unpaired) electrons. The standard InChI is InChI=1S/C55H68F3N5O4Si2/c1-35(2)68(36(3)4,37(5)6)67-42-28-38-22-23-39(56)29-45(38)46(30-42)49-48(58)50-47-51(61-53(60-50)65-34-55-25-17-26-63(55)32-40(57)31-55)62(10)41(33-64-52(47)59-49)24-27-66-69(54(7,8)9,43-18-13-11-14-19-43)44-20-15-12-16-21-44/h11-16,18-23,28-30,35-37,40-41H,17,24-27,31-34H2,1-10H3/t40-,41+,55+/m1/s1. The van der Waals surface area contributed by atoms with Crippen LogP contribution in [0.25, 0.3) is 32.9 Å². The summed E-state index contributed by atoms with van der Waals surface area (Å²) in [5.74, 6) is -0.0397. The van der Waals surface area contributed by atoms with Crippen molar-refractivity contribution in [2.45, 2.75) is 127 Å². The van der Waals surface area contributed by atoms with Gasteiger partial charge in [-0.25, -0.2) is 18.2 Å². The first-order chi connectivity index (χ1) is 32.9. The van der Waals surface area contributed by atoms with Crippen molar-refractivity contribution in [1.29, 1.82) is 0 Å². The summed E-state index contributed by atoms with van der Waals surface area (Å²) in [4.78, 5) is 19.0. The van der Waals surface area contributed by atoms with Gasteiger partial charge in [0.25, 0.3) is 16.6 Å². The molecular weight excluding hydrogens is 908 g/mol. The summed E-state index contributed by atoms with van der Waals surface area (Å²) < 4.78 is 76.0. The Morgan fingerprint density at radius 2 is 1.52 bits per heavy atom. The number of anilines is 1. The van der Waals surface area contributed by atoms with E-state index in [0.717, 1.165) is 19.4 Å². The van der Waals surface area contributed by atoms with E-state index < -0.39 is 40.0 Å². The van der Waals surface area contributed by atoms with Crippen molar-refractivity contribution in [3.8, 4) is 28.9 Å². The highest BCUT2D eigenvalue weighted by atomic mass is 28.4. The zero-order valence-corrected chi connectivity index (χ0v) is 43.9. The van der Waals surface area contributed by atoms with E-state index >= 15 is 8.78 Å². The number of benzene rings is 4. The zero-order valence-electron chi connectivity index (χ0n) is 41.9. The van der Waals surface area contributed by atoms with Crippen LogP contribution in [0.5, 0.6) is 17.6 Å². The maximum Gasteiger partial charge on any atom is 0.319 e. The van der Waals surface area contributed by atoms with E-state index in [2.05, 4.69) is 116 Å². The molecule has 3 aliphatic rings. The zero-order chi connectivity index (χ0) is 49.0. The summed E-state index contributed by atoms with van der Waals surface area (Å²) in [5.41, 5.74) is 0.595. The molecule has 2 saturated heterocycles. The molecule has 9 rings (SSSR count). The number of hydrogen-bond donors (Lipinski definition) is 0. The van der Waals surface area contributed by atoms with Crippen LogP contribution >= 0.6 is 0 Å². The van der Waals surface area contributed by atoms with Gasteiger partial charge in [-0.05, 0) is 92.9 Å². The second-order valence-electron chi connectivity index (χ2n) is 21.6. The Labute approximate surface area is 408 Å². The number of rotatable bonds is 15. The normalized spacial score (nSPS) is 20.0. The molecule has 3 aliphatic heterocycles. The third-order valence-corrected chi connectivity index (χ3v) is 26.6. The number of halogens is 3. The average molecular weight is 976 g/mol. The second-order valence-corrected chi connectivity index (χ2v) is 31.3. The van der Waals surface area contributed by atoms with E-state index in [1.165, 1.54) is 22.5 Å². The number of fused-ring (bicyclic) bond motifs is 2. The quantitative estimate of drug-likeness (QED) is 0.0935. The molecule has 4 aromatic carbocycles. The van der Waals surface area contributed by atoms with Crippen molar-refractivity contribution in [2.75, 3.05) is 44.9 Å². The molecule has 9 nitrogen and oxygen atoms in total. The van der Waals surface area contributed by atoms with Gasteiger partial charge < -0.3 is 23.2 Å². The average Bonchev–Trinajstić information content (AvgIpc) is 3.81. The molecule has 366 valence electrons. The van der Waals surface area contributed by atoms with Gasteiger partial charge in [0.1, 0.15) is 53.4 Å². The fraction of sp³-hybridized carbons (Fsp3) is 0.473. The largest absolute Gasteiger partial charge is 0.543 e. The molecule has 0 spiro atoms. The van der Waals surface area contributed by atoms with Gasteiger partial charge >= 0.3 is 6.01 Å². The van der Waals surface area contributed by atoms with Gasteiger partial charge in [0.05, 0.1) is 11.6 Å². The summed E-state index contributed by atoms with van der Waals surface area (Å²) >= 11 is 0. The minimum atomic E-state index is -2.88. The van der Waals surface area contributed by atoms with Gasteiger partial charge in [0.15, 0.2) is 5.82 Å². The molecule has 0 amide bonds. The summed E-state index contributed by atoms with van der Waals surface area (Å²) in [7, 11) is -3.44. The first kappa shape index (κ1) is 49.0. The number of aromatic nitrogens is 3. The number of alkyl halides is 1. The lowest BCUT2D eigenvalue weighted by Gasteiger charge is -2.43. The van der Waals surface area contributed by atoms with Crippen molar-refractivity contribution in [3.05, 3.63) is 103 Å². The minimum absolute atomic E-state index is 0.0198. The predicted molar refractivity (Wildman–Crippen MR) is 276 cm³/mol. The third kappa shape index (κ3) is 8.71. The van der Waals surface area contributed by atoms with Gasteiger partial charge in [0, 0.05) is 32.2 Å². The Bertz CT molecular complexity index is 2750. The van der Waals surface area contributed by atoms with Crippen LogP contribution in [0.3, 0.4) is 0 Å². The van der Waals surface area contributed by atoms with Gasteiger partial charge in [-0.15, -0.1) is 0 Å². The lowest BCUT2D eigenvalue weighted by molar-refractivity contribution is 0.107. The lowest BCUT2D eigenvalue weighted by atomic mass is 9.95. The second kappa shape index (κ2) is 19.0. The topological polar surface area (TPSA) is 82.1 Å². The maximum atomic E-state index is 18.0. The van der Waals surface area contributed by atoms with Crippen LogP contribution in [-0.2, 0) is 4.43 Å². The van der Waals surface area contributed by atoms with Crippen LogP contribution in [0, 0.1) is 11.6 Å². The molecule has 14 heteroatoms. The molecule has 0 bridgehead atoms. The minimum Gasteiger partial charge on any atom is -0.543 e. The molecule has 3 atom stereocenters. The third-order valence-electron chi connectivity index (χ3n) is 15.6. The van der Waals surface area contributed by atoms with Crippen LogP contribution in [0.4, 0.5) is 19.0 Å². The fourth-order valence-corrected chi connectivity index (χ4v) is 22.1. The number of hydrogen-bond acceptors (Lipinski definition) is 9. The monoisotopic (exact) mass is 975 g/mol. The van der Waals surface area contributed by atoms with E-state index in [-0.39, 0.29) is 64.0 Å². The number of ether oxygens (including phenoxy) is 2. The summed E-state index contributed by atoms with van der Waals surface area (Å²) in [5, 5.41) is 3.61. The number of nitrogens with zero attached hydrogens (tertiary/aromatic N) is 5. The van der Waals surface area contributed by atoms with Crippen molar-refractivity contribution >= 4 is 54.5 Å². The molecule has 6 aromatic rings. The SMILES string of the molecule is CC(C)[Si](Oc1cc(-c2nc3c4c(nc(OC[C@@]56CCCN5C[C@H](F)C6)nc4c2F)N(C)[C@@H](CCO[Si](c2ccccc2)(c2ccccc2)C(C)(C)C)CO3)c2cc(F)ccc2c1)(C(C)C)C(C)C. The Balaban J connectivity index is 1.15. The molecule has 69 heavy (non-hydrogen) atoms. The van der Waals surface area contributed by atoms with Gasteiger partial charge in [-0.3, -0.25) is 4.90 Å².